The third-order valence-electron chi connectivity index (χ3n) is 1.44. The molecule has 0 fully saturated rings. The van der Waals surface area contributed by atoms with Crippen LogP contribution in [0.25, 0.3) is 0 Å². The van der Waals surface area contributed by atoms with Gasteiger partial charge in [-0.1, -0.05) is 0 Å². The molecular weight excluding hydrogens is 220 g/mol. The summed E-state index contributed by atoms with van der Waals surface area (Å²) in [4.78, 5) is 25.8. The Morgan fingerprint density at radius 1 is 1.60 bits per heavy atom. The number of carbonyl (C=O) groups excluding carboxylic acids is 2. The van der Waals surface area contributed by atoms with Gasteiger partial charge < -0.3 is 4.74 Å². The molecule has 0 saturated carbocycles. The van der Waals surface area contributed by atoms with Gasteiger partial charge in [0.2, 0.25) is 5.28 Å². The molecule has 0 aliphatic heterocycles. The molecule has 1 rings (SSSR count). The monoisotopic (exact) mass is 230 g/mol. The van der Waals surface area contributed by atoms with E-state index in [2.05, 4.69) is 4.98 Å². The summed E-state index contributed by atoms with van der Waals surface area (Å²) in [6.07, 6.45) is 0.981. The highest BCUT2D eigenvalue weighted by Gasteiger charge is 2.22. The molecule has 0 radical (unpaired) electrons. The minimum absolute atomic E-state index is 0.0641. The van der Waals surface area contributed by atoms with Crippen LogP contribution in [-0.4, -0.2) is 27.5 Å². The number of carbonyl (C=O) groups is 2. The van der Waals surface area contributed by atoms with Gasteiger partial charge in [-0.25, -0.2) is 14.3 Å². The highest BCUT2D eigenvalue weighted by Crippen LogP contribution is 2.14. The highest BCUT2D eigenvalue weighted by molar-refractivity contribution is 6.29. The zero-order chi connectivity index (χ0) is 11.6. The summed E-state index contributed by atoms with van der Waals surface area (Å²) in [5, 5.41) is -0.0913. The lowest BCUT2D eigenvalue weighted by atomic mass is 10.2. The van der Waals surface area contributed by atoms with E-state index in [9.17, 15) is 9.59 Å². The number of halogens is 1. The van der Waals surface area contributed by atoms with Crippen LogP contribution in [0.4, 0.5) is 4.79 Å². The molecular formula is C9H11ClN2O3. The summed E-state index contributed by atoms with van der Waals surface area (Å²) in [5.74, 6) is 0. The van der Waals surface area contributed by atoms with E-state index in [4.69, 9.17) is 16.3 Å². The first-order valence-electron chi connectivity index (χ1n) is 4.27. The number of imidazole rings is 1. The van der Waals surface area contributed by atoms with Gasteiger partial charge in [-0.05, 0) is 32.4 Å². The third kappa shape index (κ3) is 2.79. The lowest BCUT2D eigenvalue weighted by Gasteiger charge is -2.19. The first kappa shape index (κ1) is 11.7. The third-order valence-corrected chi connectivity index (χ3v) is 1.71. The van der Waals surface area contributed by atoms with E-state index < -0.39 is 11.7 Å². The van der Waals surface area contributed by atoms with Crippen LogP contribution in [0, 0.1) is 0 Å². The first-order valence-corrected chi connectivity index (χ1v) is 4.64. The molecule has 0 bridgehead atoms. The van der Waals surface area contributed by atoms with Crippen molar-refractivity contribution in [1.29, 1.82) is 0 Å². The predicted molar refractivity (Wildman–Crippen MR) is 54.3 cm³/mol. The normalized spacial score (nSPS) is 11.2. The van der Waals surface area contributed by atoms with Gasteiger partial charge >= 0.3 is 6.09 Å². The highest BCUT2D eigenvalue weighted by atomic mass is 35.5. The molecule has 0 spiro atoms. The minimum Gasteiger partial charge on any atom is -0.443 e. The van der Waals surface area contributed by atoms with E-state index in [0.29, 0.717) is 6.29 Å². The molecule has 0 saturated heterocycles. The van der Waals surface area contributed by atoms with Crippen molar-refractivity contribution in [2.75, 3.05) is 0 Å². The van der Waals surface area contributed by atoms with Gasteiger partial charge in [-0.2, -0.15) is 0 Å². The van der Waals surface area contributed by atoms with E-state index >= 15 is 0 Å². The van der Waals surface area contributed by atoms with Crippen molar-refractivity contribution in [3.8, 4) is 0 Å². The number of rotatable bonds is 1. The molecule has 0 aliphatic rings. The van der Waals surface area contributed by atoms with Gasteiger partial charge in [0.1, 0.15) is 11.3 Å². The van der Waals surface area contributed by atoms with Crippen molar-refractivity contribution in [2.24, 2.45) is 0 Å². The topological polar surface area (TPSA) is 61.2 Å². The number of aldehydes is 1. The summed E-state index contributed by atoms with van der Waals surface area (Å²) in [7, 11) is 0. The minimum atomic E-state index is -0.716. The molecule has 6 heteroatoms. The van der Waals surface area contributed by atoms with Crippen molar-refractivity contribution in [1.82, 2.24) is 9.55 Å². The van der Waals surface area contributed by atoms with E-state index in [-0.39, 0.29) is 11.0 Å². The fourth-order valence-corrected chi connectivity index (χ4v) is 1.13. The Labute approximate surface area is 92.0 Å². The van der Waals surface area contributed by atoms with Crippen molar-refractivity contribution >= 4 is 24.0 Å². The molecule has 1 aromatic rings. The lowest BCUT2D eigenvalue weighted by Crippen LogP contribution is -2.28. The van der Waals surface area contributed by atoms with Crippen LogP contribution in [0.15, 0.2) is 6.20 Å². The molecule has 0 N–H and O–H groups in total. The Balaban J connectivity index is 3.00. The first-order chi connectivity index (χ1) is 6.85. The summed E-state index contributed by atoms with van der Waals surface area (Å²) in [6.45, 7) is 5.16. The number of hydrogen-bond acceptors (Lipinski definition) is 4. The second-order valence-electron chi connectivity index (χ2n) is 3.89. The number of hydrogen-bond donors (Lipinski definition) is 0. The maximum absolute atomic E-state index is 11.6. The Morgan fingerprint density at radius 2 is 2.20 bits per heavy atom. The summed E-state index contributed by atoms with van der Waals surface area (Å²) in [5.41, 5.74) is -0.584. The summed E-state index contributed by atoms with van der Waals surface area (Å²) >= 11 is 5.64. The van der Waals surface area contributed by atoms with E-state index in [0.717, 1.165) is 4.57 Å². The molecule has 0 aromatic carbocycles. The standard InChI is InChI=1S/C9H11ClN2O3/c1-9(2,3)15-8(14)12-6(5-13)4-11-7(12)10/h4-5H,1-3H3. The number of nitrogens with zero attached hydrogens (tertiary/aromatic N) is 2. The molecule has 0 aliphatic carbocycles. The second-order valence-corrected chi connectivity index (χ2v) is 4.22. The van der Waals surface area contributed by atoms with Crippen LogP contribution in [0.5, 0.6) is 0 Å². The molecule has 0 unspecified atom stereocenters. The van der Waals surface area contributed by atoms with Crippen molar-refractivity contribution < 1.29 is 14.3 Å². The Bertz CT molecular complexity index is 393. The largest absolute Gasteiger partial charge is 0.443 e. The van der Waals surface area contributed by atoms with E-state index in [1.807, 2.05) is 0 Å². The maximum atomic E-state index is 11.6. The maximum Gasteiger partial charge on any atom is 0.421 e. The number of aromatic nitrogens is 2. The Kier molecular flexibility index (Phi) is 3.14. The van der Waals surface area contributed by atoms with Gasteiger partial charge in [-0.15, -0.1) is 0 Å². The average Bonchev–Trinajstić information content (AvgIpc) is 2.43. The Morgan fingerprint density at radius 3 is 2.67 bits per heavy atom. The average molecular weight is 231 g/mol. The van der Waals surface area contributed by atoms with Crippen molar-refractivity contribution in [2.45, 2.75) is 26.4 Å². The van der Waals surface area contributed by atoms with Crippen LogP contribution >= 0.6 is 11.6 Å². The van der Waals surface area contributed by atoms with Crippen LogP contribution in [0.2, 0.25) is 5.28 Å². The van der Waals surface area contributed by atoms with Gasteiger partial charge in [0.25, 0.3) is 0 Å². The molecule has 5 nitrogen and oxygen atoms in total. The lowest BCUT2D eigenvalue weighted by molar-refractivity contribution is 0.0531. The van der Waals surface area contributed by atoms with Gasteiger partial charge in [-0.3, -0.25) is 4.79 Å². The van der Waals surface area contributed by atoms with Crippen LogP contribution in [0.1, 0.15) is 31.3 Å². The van der Waals surface area contributed by atoms with Crippen LogP contribution in [0.3, 0.4) is 0 Å². The summed E-state index contributed by atoms with van der Waals surface area (Å²) in [6, 6.07) is 0. The molecule has 82 valence electrons. The van der Waals surface area contributed by atoms with E-state index in [1.54, 1.807) is 20.8 Å². The van der Waals surface area contributed by atoms with E-state index in [1.165, 1.54) is 6.20 Å². The second kappa shape index (κ2) is 4.02. The zero-order valence-corrected chi connectivity index (χ0v) is 9.41. The van der Waals surface area contributed by atoms with Crippen LogP contribution < -0.4 is 0 Å². The zero-order valence-electron chi connectivity index (χ0n) is 8.65. The fourth-order valence-electron chi connectivity index (χ4n) is 0.913. The van der Waals surface area contributed by atoms with Crippen molar-refractivity contribution in [3.05, 3.63) is 17.2 Å². The fraction of sp³-hybridized carbons (Fsp3) is 0.444. The van der Waals surface area contributed by atoms with Crippen molar-refractivity contribution in [3.63, 3.8) is 0 Å². The molecule has 0 amide bonds. The summed E-state index contributed by atoms with van der Waals surface area (Å²) < 4.78 is 5.96. The SMILES string of the molecule is CC(C)(C)OC(=O)n1c(C=O)cnc1Cl. The smallest absolute Gasteiger partial charge is 0.421 e. The molecule has 0 atom stereocenters. The van der Waals surface area contributed by atoms with Gasteiger partial charge in [0, 0.05) is 0 Å². The number of ether oxygens (including phenoxy) is 1. The predicted octanol–water partition coefficient (Wildman–Crippen LogP) is 2.13. The molecule has 1 aromatic heterocycles. The van der Waals surface area contributed by atoms with Gasteiger partial charge in [0.15, 0.2) is 6.29 Å². The molecule has 15 heavy (non-hydrogen) atoms. The van der Waals surface area contributed by atoms with Gasteiger partial charge in [0.05, 0.1) is 6.20 Å². The quantitative estimate of drug-likeness (QED) is 0.694. The van der Waals surface area contributed by atoms with Crippen LogP contribution in [-0.2, 0) is 4.74 Å². The molecule has 1 heterocycles. The Hall–Kier alpha value is -1.36.